The molecular weight excluding hydrogens is 293 g/mol. The second kappa shape index (κ2) is 6.02. The summed E-state index contributed by atoms with van der Waals surface area (Å²) < 4.78 is 40.8. The Bertz CT molecular complexity index is 624. The Balaban J connectivity index is 2.43. The molecule has 1 fully saturated rings. The Morgan fingerprint density at radius 1 is 1.38 bits per heavy atom. The van der Waals surface area contributed by atoms with E-state index in [0.717, 1.165) is 12.8 Å². The van der Waals surface area contributed by atoms with Crippen molar-refractivity contribution in [2.45, 2.75) is 51.2 Å². The van der Waals surface area contributed by atoms with Gasteiger partial charge in [-0.2, -0.15) is 4.31 Å². The standard InChI is InChI=1S/C15H22FNO3S/c1-10(2)17(8-12-4-5-12)21(19,20)14-6-11(3)15(16)13(7-14)9-18/h6-7,10,12,18H,4-5,8-9H2,1-3H3. The number of sulfonamides is 1. The number of aliphatic hydroxyl groups is 1. The summed E-state index contributed by atoms with van der Waals surface area (Å²) >= 11 is 0. The Hall–Kier alpha value is -0.980. The molecule has 1 aliphatic rings. The lowest BCUT2D eigenvalue weighted by Gasteiger charge is -2.26. The summed E-state index contributed by atoms with van der Waals surface area (Å²) in [5, 5.41) is 9.19. The summed E-state index contributed by atoms with van der Waals surface area (Å²) in [6.07, 6.45) is 2.12. The quantitative estimate of drug-likeness (QED) is 0.877. The molecule has 1 aromatic rings. The maximum atomic E-state index is 13.8. The first kappa shape index (κ1) is 16.4. The van der Waals surface area contributed by atoms with Crippen LogP contribution in [-0.4, -0.2) is 30.4 Å². The molecule has 0 bridgehead atoms. The SMILES string of the molecule is Cc1cc(S(=O)(=O)N(CC2CC2)C(C)C)cc(CO)c1F. The van der Waals surface area contributed by atoms with Gasteiger partial charge in [0.05, 0.1) is 11.5 Å². The molecule has 0 unspecified atom stereocenters. The first-order chi connectivity index (χ1) is 9.77. The number of hydrogen-bond acceptors (Lipinski definition) is 3. The van der Waals surface area contributed by atoms with Gasteiger partial charge in [0, 0.05) is 18.2 Å². The van der Waals surface area contributed by atoms with Gasteiger partial charge in [0.2, 0.25) is 10.0 Å². The van der Waals surface area contributed by atoms with Crippen LogP contribution >= 0.6 is 0 Å². The number of aliphatic hydroxyl groups excluding tert-OH is 1. The predicted molar refractivity (Wildman–Crippen MR) is 78.8 cm³/mol. The van der Waals surface area contributed by atoms with Crippen LogP contribution in [-0.2, 0) is 16.6 Å². The van der Waals surface area contributed by atoms with E-state index >= 15 is 0 Å². The van der Waals surface area contributed by atoms with Crippen molar-refractivity contribution in [2.75, 3.05) is 6.54 Å². The molecule has 0 heterocycles. The fourth-order valence-electron chi connectivity index (χ4n) is 2.35. The first-order valence-electron chi connectivity index (χ1n) is 7.19. The van der Waals surface area contributed by atoms with E-state index in [1.807, 2.05) is 13.8 Å². The molecule has 0 atom stereocenters. The van der Waals surface area contributed by atoms with Crippen molar-refractivity contribution in [3.8, 4) is 0 Å². The lowest BCUT2D eigenvalue weighted by Crippen LogP contribution is -2.38. The maximum absolute atomic E-state index is 13.8. The maximum Gasteiger partial charge on any atom is 0.243 e. The lowest BCUT2D eigenvalue weighted by atomic mass is 10.1. The van der Waals surface area contributed by atoms with Gasteiger partial charge in [0.25, 0.3) is 0 Å². The van der Waals surface area contributed by atoms with Gasteiger partial charge in [0.15, 0.2) is 0 Å². The Morgan fingerprint density at radius 3 is 2.48 bits per heavy atom. The third-order valence-electron chi connectivity index (χ3n) is 3.79. The Kier molecular flexibility index (Phi) is 4.70. The number of halogens is 1. The molecular formula is C15H22FNO3S. The molecule has 118 valence electrons. The van der Waals surface area contributed by atoms with Crippen LogP contribution in [0.25, 0.3) is 0 Å². The average molecular weight is 315 g/mol. The van der Waals surface area contributed by atoms with Crippen LogP contribution in [0, 0.1) is 18.7 Å². The zero-order valence-electron chi connectivity index (χ0n) is 12.6. The van der Waals surface area contributed by atoms with E-state index in [2.05, 4.69) is 0 Å². The molecule has 1 aromatic carbocycles. The number of nitrogens with zero attached hydrogens (tertiary/aromatic N) is 1. The fraction of sp³-hybridized carbons (Fsp3) is 0.600. The molecule has 1 saturated carbocycles. The van der Waals surface area contributed by atoms with Gasteiger partial charge in [-0.15, -0.1) is 0 Å². The smallest absolute Gasteiger partial charge is 0.243 e. The largest absolute Gasteiger partial charge is 0.392 e. The van der Waals surface area contributed by atoms with Crippen LogP contribution in [0.4, 0.5) is 4.39 Å². The van der Waals surface area contributed by atoms with Gasteiger partial charge in [-0.1, -0.05) is 0 Å². The first-order valence-corrected chi connectivity index (χ1v) is 8.63. The van der Waals surface area contributed by atoms with Crippen molar-refractivity contribution in [1.82, 2.24) is 4.31 Å². The van der Waals surface area contributed by atoms with E-state index < -0.39 is 22.4 Å². The average Bonchev–Trinajstić information content (AvgIpc) is 3.22. The summed E-state index contributed by atoms with van der Waals surface area (Å²) in [7, 11) is -3.67. The number of benzene rings is 1. The minimum atomic E-state index is -3.67. The fourth-order valence-corrected chi connectivity index (χ4v) is 4.20. The van der Waals surface area contributed by atoms with Gasteiger partial charge in [-0.25, -0.2) is 12.8 Å². The van der Waals surface area contributed by atoms with Crippen molar-refractivity contribution < 1.29 is 17.9 Å². The minimum Gasteiger partial charge on any atom is -0.392 e. The van der Waals surface area contributed by atoms with Crippen LogP contribution in [0.5, 0.6) is 0 Å². The highest BCUT2D eigenvalue weighted by molar-refractivity contribution is 7.89. The van der Waals surface area contributed by atoms with Gasteiger partial charge in [-0.05, 0) is 57.2 Å². The Labute approximate surface area is 125 Å². The zero-order chi connectivity index (χ0) is 15.8. The molecule has 21 heavy (non-hydrogen) atoms. The van der Waals surface area contributed by atoms with Crippen LogP contribution in [0.3, 0.4) is 0 Å². The van der Waals surface area contributed by atoms with Crippen LogP contribution in [0.1, 0.15) is 37.8 Å². The molecule has 0 saturated heterocycles. The van der Waals surface area contributed by atoms with E-state index in [1.54, 1.807) is 0 Å². The molecule has 0 aliphatic heterocycles. The molecule has 0 amide bonds. The normalized spacial score (nSPS) is 16.0. The minimum absolute atomic E-state index is 0.0173. The summed E-state index contributed by atoms with van der Waals surface area (Å²) in [6, 6.07) is 2.42. The molecule has 6 heteroatoms. The lowest BCUT2D eigenvalue weighted by molar-refractivity contribution is 0.275. The van der Waals surface area contributed by atoms with Crippen molar-refractivity contribution in [3.05, 3.63) is 29.1 Å². The summed E-state index contributed by atoms with van der Waals surface area (Å²) in [4.78, 5) is 0.0554. The summed E-state index contributed by atoms with van der Waals surface area (Å²) in [5.41, 5.74) is 0.249. The molecule has 1 aliphatic carbocycles. The topological polar surface area (TPSA) is 57.6 Å². The summed E-state index contributed by atoms with van der Waals surface area (Å²) in [5.74, 6) is -0.115. The molecule has 4 nitrogen and oxygen atoms in total. The highest BCUT2D eigenvalue weighted by Crippen LogP contribution is 2.33. The van der Waals surface area contributed by atoms with Gasteiger partial charge < -0.3 is 5.11 Å². The molecule has 0 aromatic heterocycles. The number of aryl methyl sites for hydroxylation is 1. The monoisotopic (exact) mass is 315 g/mol. The van der Waals surface area contributed by atoms with Crippen molar-refractivity contribution in [1.29, 1.82) is 0 Å². The Morgan fingerprint density at radius 2 is 2.00 bits per heavy atom. The van der Waals surface area contributed by atoms with Crippen molar-refractivity contribution >= 4 is 10.0 Å². The highest BCUT2D eigenvalue weighted by atomic mass is 32.2. The van der Waals surface area contributed by atoms with Gasteiger partial charge in [0.1, 0.15) is 5.82 Å². The predicted octanol–water partition coefficient (Wildman–Crippen LogP) is 2.44. The summed E-state index contributed by atoms with van der Waals surface area (Å²) in [6.45, 7) is 5.17. The second-order valence-electron chi connectivity index (χ2n) is 5.98. The molecule has 2 rings (SSSR count). The third kappa shape index (κ3) is 3.44. The van der Waals surface area contributed by atoms with E-state index in [0.29, 0.717) is 12.5 Å². The second-order valence-corrected chi connectivity index (χ2v) is 7.87. The third-order valence-corrected chi connectivity index (χ3v) is 5.81. The van der Waals surface area contributed by atoms with Crippen LogP contribution in [0.15, 0.2) is 17.0 Å². The van der Waals surface area contributed by atoms with E-state index in [4.69, 9.17) is 0 Å². The molecule has 0 radical (unpaired) electrons. The number of rotatable bonds is 6. The van der Waals surface area contributed by atoms with Gasteiger partial charge in [-0.3, -0.25) is 0 Å². The van der Waals surface area contributed by atoms with E-state index in [1.165, 1.54) is 23.4 Å². The number of hydrogen-bond donors (Lipinski definition) is 1. The zero-order valence-corrected chi connectivity index (χ0v) is 13.5. The van der Waals surface area contributed by atoms with E-state index in [9.17, 15) is 17.9 Å². The molecule has 1 N–H and O–H groups in total. The van der Waals surface area contributed by atoms with Crippen molar-refractivity contribution in [3.63, 3.8) is 0 Å². The van der Waals surface area contributed by atoms with E-state index in [-0.39, 0.29) is 22.1 Å². The van der Waals surface area contributed by atoms with Gasteiger partial charge >= 0.3 is 0 Å². The van der Waals surface area contributed by atoms with Crippen molar-refractivity contribution in [2.24, 2.45) is 5.92 Å². The highest BCUT2D eigenvalue weighted by Gasteiger charge is 2.33. The molecule has 0 spiro atoms. The van der Waals surface area contributed by atoms with Crippen LogP contribution < -0.4 is 0 Å². The van der Waals surface area contributed by atoms with Crippen LogP contribution in [0.2, 0.25) is 0 Å².